The Kier molecular flexibility index (Phi) is 11.1. The van der Waals surface area contributed by atoms with Crippen molar-refractivity contribution in [3.63, 3.8) is 0 Å². The van der Waals surface area contributed by atoms with Gasteiger partial charge in [0.05, 0.1) is 13.7 Å². The smallest absolute Gasteiger partial charge is 0.162 e. The van der Waals surface area contributed by atoms with Gasteiger partial charge in [0.15, 0.2) is 11.5 Å². The lowest BCUT2D eigenvalue weighted by Crippen LogP contribution is -2.17. The number of halogens is 1. The van der Waals surface area contributed by atoms with Crippen molar-refractivity contribution in [1.82, 2.24) is 5.32 Å². The van der Waals surface area contributed by atoms with Gasteiger partial charge in [0, 0.05) is 24.2 Å². The minimum atomic E-state index is 0.693. The Labute approximate surface area is 149 Å². The molecule has 1 rings (SSSR count). The lowest BCUT2D eigenvalue weighted by Gasteiger charge is -2.14. The van der Waals surface area contributed by atoms with Crippen molar-refractivity contribution in [2.24, 2.45) is 0 Å². The molecule has 0 aliphatic carbocycles. The summed E-state index contributed by atoms with van der Waals surface area (Å²) in [6.07, 6.45) is 4.33. The summed E-state index contributed by atoms with van der Waals surface area (Å²) in [6, 6.07) is 4.01. The summed E-state index contributed by atoms with van der Waals surface area (Å²) in [5, 5.41) is 3.44. The lowest BCUT2D eigenvalue weighted by atomic mass is 10.2. The Morgan fingerprint density at radius 1 is 1.00 bits per heavy atom. The predicted molar refractivity (Wildman–Crippen MR) is 98.5 cm³/mol. The quantitative estimate of drug-likeness (QED) is 0.504. The summed E-state index contributed by atoms with van der Waals surface area (Å²) in [4.78, 5) is 0. The maximum absolute atomic E-state index is 5.71. The number of unbranched alkanes of at least 4 members (excludes halogenated alkanes) is 1. The van der Waals surface area contributed by atoms with Crippen LogP contribution in [0.3, 0.4) is 0 Å². The van der Waals surface area contributed by atoms with Crippen LogP contribution < -0.4 is 14.8 Å². The minimum absolute atomic E-state index is 0.693. The number of methoxy groups -OCH3 is 1. The molecule has 0 amide bonds. The molecule has 5 heteroatoms. The summed E-state index contributed by atoms with van der Waals surface area (Å²) in [7, 11) is 1.67. The molecule has 0 saturated heterocycles. The molecule has 0 fully saturated rings. The van der Waals surface area contributed by atoms with Gasteiger partial charge in [0.2, 0.25) is 0 Å². The fourth-order valence-electron chi connectivity index (χ4n) is 2.07. The van der Waals surface area contributed by atoms with Crippen LogP contribution >= 0.6 is 15.9 Å². The van der Waals surface area contributed by atoms with E-state index in [9.17, 15) is 0 Å². The van der Waals surface area contributed by atoms with Crippen molar-refractivity contribution in [2.75, 3.05) is 33.5 Å². The number of rotatable bonds is 13. The highest BCUT2D eigenvalue weighted by Gasteiger charge is 2.10. The molecule has 132 valence electrons. The molecule has 0 aliphatic heterocycles. The third-order valence-electron chi connectivity index (χ3n) is 3.39. The highest BCUT2D eigenvalue weighted by Crippen LogP contribution is 2.33. The van der Waals surface area contributed by atoms with Crippen LogP contribution in [0.2, 0.25) is 0 Å². The van der Waals surface area contributed by atoms with Crippen molar-refractivity contribution < 1.29 is 14.2 Å². The normalized spacial score (nSPS) is 10.8. The Morgan fingerprint density at radius 2 is 1.78 bits per heavy atom. The maximum atomic E-state index is 5.71. The van der Waals surface area contributed by atoms with Crippen LogP contribution in [0.5, 0.6) is 11.5 Å². The van der Waals surface area contributed by atoms with Crippen LogP contribution in [0, 0.1) is 0 Å². The Morgan fingerprint density at radius 3 is 2.48 bits per heavy atom. The molecule has 0 heterocycles. The van der Waals surface area contributed by atoms with E-state index in [-0.39, 0.29) is 0 Å². The monoisotopic (exact) mass is 387 g/mol. The third-order valence-corrected chi connectivity index (χ3v) is 4.13. The molecule has 0 aliphatic rings. The van der Waals surface area contributed by atoms with E-state index in [2.05, 4.69) is 35.1 Å². The van der Waals surface area contributed by atoms with Gasteiger partial charge in [0.1, 0.15) is 0 Å². The summed E-state index contributed by atoms with van der Waals surface area (Å²) in [6.45, 7) is 8.38. The molecule has 23 heavy (non-hydrogen) atoms. The number of benzene rings is 1. The highest BCUT2D eigenvalue weighted by atomic mass is 79.9. The van der Waals surface area contributed by atoms with E-state index in [0.29, 0.717) is 6.61 Å². The molecule has 0 atom stereocenters. The van der Waals surface area contributed by atoms with Crippen LogP contribution in [0.4, 0.5) is 0 Å². The second-order valence-corrected chi connectivity index (χ2v) is 6.29. The SMILES string of the molecule is CCCCOCCCNCc1cc(OC)c(OCCC)cc1Br. The molecular weight excluding hydrogens is 358 g/mol. The standard InChI is InChI=1S/C18H30BrNO3/c1-4-6-10-22-11-7-8-20-14-15-12-17(21-3)18(13-16(15)19)23-9-5-2/h12-13,20H,4-11,14H2,1-3H3. The van der Waals surface area contributed by atoms with Crippen LogP contribution in [-0.4, -0.2) is 33.5 Å². The van der Waals surface area contributed by atoms with Gasteiger partial charge in [-0.1, -0.05) is 36.2 Å². The van der Waals surface area contributed by atoms with E-state index in [4.69, 9.17) is 14.2 Å². The zero-order valence-corrected chi connectivity index (χ0v) is 16.2. The van der Waals surface area contributed by atoms with Crippen LogP contribution in [0.25, 0.3) is 0 Å². The first-order valence-electron chi connectivity index (χ1n) is 8.50. The first-order valence-corrected chi connectivity index (χ1v) is 9.29. The van der Waals surface area contributed by atoms with E-state index in [1.807, 2.05) is 12.1 Å². The molecular formula is C18H30BrNO3. The van der Waals surface area contributed by atoms with Crippen LogP contribution in [-0.2, 0) is 11.3 Å². The summed E-state index contributed by atoms with van der Waals surface area (Å²) >= 11 is 3.61. The van der Waals surface area contributed by atoms with Gasteiger partial charge in [-0.2, -0.15) is 0 Å². The van der Waals surface area contributed by atoms with Crippen molar-refractivity contribution in [1.29, 1.82) is 0 Å². The summed E-state index contributed by atoms with van der Waals surface area (Å²) < 4.78 is 17.7. The highest BCUT2D eigenvalue weighted by molar-refractivity contribution is 9.10. The molecule has 1 aromatic carbocycles. The fraction of sp³-hybridized carbons (Fsp3) is 0.667. The average molecular weight is 388 g/mol. The summed E-state index contributed by atoms with van der Waals surface area (Å²) in [5.74, 6) is 1.57. The van der Waals surface area contributed by atoms with E-state index in [1.54, 1.807) is 7.11 Å². The first-order chi connectivity index (χ1) is 11.2. The molecule has 0 unspecified atom stereocenters. The molecule has 0 bridgehead atoms. The second kappa shape index (κ2) is 12.6. The molecule has 4 nitrogen and oxygen atoms in total. The molecule has 0 aromatic heterocycles. The van der Waals surface area contributed by atoms with E-state index in [1.165, 1.54) is 6.42 Å². The van der Waals surface area contributed by atoms with E-state index < -0.39 is 0 Å². The Hall–Kier alpha value is -0.780. The fourth-order valence-corrected chi connectivity index (χ4v) is 2.53. The molecule has 1 N–H and O–H groups in total. The predicted octanol–water partition coefficient (Wildman–Crippen LogP) is 4.54. The lowest BCUT2D eigenvalue weighted by molar-refractivity contribution is 0.128. The van der Waals surface area contributed by atoms with Gasteiger partial charge in [-0.05, 0) is 43.5 Å². The van der Waals surface area contributed by atoms with Gasteiger partial charge in [-0.25, -0.2) is 0 Å². The number of ether oxygens (including phenoxy) is 3. The van der Waals surface area contributed by atoms with Crippen molar-refractivity contribution in [3.05, 3.63) is 22.2 Å². The molecule has 0 saturated carbocycles. The zero-order chi connectivity index (χ0) is 16.9. The number of hydrogen-bond acceptors (Lipinski definition) is 4. The van der Waals surface area contributed by atoms with Crippen molar-refractivity contribution in [2.45, 2.75) is 46.1 Å². The number of hydrogen-bond donors (Lipinski definition) is 1. The molecule has 0 spiro atoms. The topological polar surface area (TPSA) is 39.7 Å². The minimum Gasteiger partial charge on any atom is -0.493 e. The Balaban J connectivity index is 2.38. The average Bonchev–Trinajstić information content (AvgIpc) is 2.56. The van der Waals surface area contributed by atoms with E-state index >= 15 is 0 Å². The Bertz CT molecular complexity index is 441. The van der Waals surface area contributed by atoms with Crippen molar-refractivity contribution >= 4 is 15.9 Å². The third kappa shape index (κ3) is 8.04. The van der Waals surface area contributed by atoms with Gasteiger partial charge >= 0.3 is 0 Å². The molecule has 0 radical (unpaired) electrons. The number of nitrogens with one attached hydrogen (secondary N) is 1. The maximum Gasteiger partial charge on any atom is 0.162 e. The van der Waals surface area contributed by atoms with E-state index in [0.717, 1.165) is 67.1 Å². The molecule has 1 aromatic rings. The van der Waals surface area contributed by atoms with Gasteiger partial charge in [-0.3, -0.25) is 0 Å². The van der Waals surface area contributed by atoms with Crippen LogP contribution in [0.15, 0.2) is 16.6 Å². The van der Waals surface area contributed by atoms with Gasteiger partial charge in [0.25, 0.3) is 0 Å². The first kappa shape index (κ1) is 20.3. The zero-order valence-electron chi connectivity index (χ0n) is 14.6. The summed E-state index contributed by atoms with van der Waals surface area (Å²) in [5.41, 5.74) is 1.16. The van der Waals surface area contributed by atoms with Gasteiger partial charge in [-0.15, -0.1) is 0 Å². The second-order valence-electron chi connectivity index (χ2n) is 5.44. The van der Waals surface area contributed by atoms with Gasteiger partial charge < -0.3 is 19.5 Å². The van der Waals surface area contributed by atoms with Crippen LogP contribution in [0.1, 0.15) is 45.1 Å². The van der Waals surface area contributed by atoms with Crippen molar-refractivity contribution in [3.8, 4) is 11.5 Å². The largest absolute Gasteiger partial charge is 0.493 e.